The van der Waals surface area contributed by atoms with Gasteiger partial charge in [0.2, 0.25) is 0 Å². The van der Waals surface area contributed by atoms with Gasteiger partial charge in [0.05, 0.1) is 22.3 Å². The molecule has 2 aromatic heterocycles. The van der Waals surface area contributed by atoms with Crippen LogP contribution in [0.2, 0.25) is 0 Å². The highest BCUT2D eigenvalue weighted by molar-refractivity contribution is 5.80. The number of aryl methyl sites for hydroxylation is 1. The van der Waals surface area contributed by atoms with E-state index in [1.807, 2.05) is 97.9 Å². The number of hydrogen-bond acceptors (Lipinski definition) is 3. The molecule has 0 aliphatic rings. The van der Waals surface area contributed by atoms with Crippen LogP contribution in [0.3, 0.4) is 0 Å². The lowest BCUT2D eigenvalue weighted by Crippen LogP contribution is -2.24. The van der Waals surface area contributed by atoms with E-state index < -0.39 is 0 Å². The average molecular weight is 378 g/mol. The molecular formula is C24H18N4O. The number of hydrogen-bond donors (Lipinski definition) is 0. The lowest BCUT2D eigenvalue weighted by molar-refractivity contribution is 0.798. The average Bonchev–Trinajstić information content (AvgIpc) is 3.16. The van der Waals surface area contributed by atoms with E-state index in [1.165, 1.54) is 0 Å². The zero-order valence-corrected chi connectivity index (χ0v) is 15.9. The maximum absolute atomic E-state index is 13.6. The Morgan fingerprint density at radius 3 is 2.21 bits per heavy atom. The van der Waals surface area contributed by atoms with Crippen LogP contribution < -0.4 is 5.56 Å². The van der Waals surface area contributed by atoms with Gasteiger partial charge in [-0.25, -0.2) is 14.2 Å². The van der Waals surface area contributed by atoms with E-state index in [0.717, 1.165) is 16.9 Å². The molecule has 3 aromatic carbocycles. The van der Waals surface area contributed by atoms with Gasteiger partial charge in [0.15, 0.2) is 0 Å². The van der Waals surface area contributed by atoms with Crippen molar-refractivity contribution in [2.24, 2.45) is 0 Å². The lowest BCUT2D eigenvalue weighted by atomic mass is 10.1. The summed E-state index contributed by atoms with van der Waals surface area (Å²) in [7, 11) is 0. The van der Waals surface area contributed by atoms with Gasteiger partial charge in [-0.1, -0.05) is 60.7 Å². The van der Waals surface area contributed by atoms with Gasteiger partial charge in [0.25, 0.3) is 5.56 Å². The fraction of sp³-hybridized carbons (Fsp3) is 0.0417. The molecule has 0 fully saturated rings. The first-order valence-electron chi connectivity index (χ1n) is 9.42. The van der Waals surface area contributed by atoms with Crippen LogP contribution in [0.1, 0.15) is 5.69 Å². The molecule has 0 saturated heterocycles. The van der Waals surface area contributed by atoms with Gasteiger partial charge in [-0.15, -0.1) is 0 Å². The van der Waals surface area contributed by atoms with Crippen LogP contribution >= 0.6 is 0 Å². The topological polar surface area (TPSA) is 52.7 Å². The van der Waals surface area contributed by atoms with Crippen molar-refractivity contribution in [1.82, 2.24) is 19.3 Å². The number of fused-ring (bicyclic) bond motifs is 1. The Balaban J connectivity index is 1.89. The fourth-order valence-electron chi connectivity index (χ4n) is 3.53. The third-order valence-electron chi connectivity index (χ3n) is 4.85. The van der Waals surface area contributed by atoms with Crippen LogP contribution in [0.5, 0.6) is 0 Å². The first-order valence-corrected chi connectivity index (χ1v) is 9.42. The Morgan fingerprint density at radius 2 is 1.45 bits per heavy atom. The summed E-state index contributed by atoms with van der Waals surface area (Å²) in [5, 5.41) is 5.22. The van der Waals surface area contributed by atoms with Crippen molar-refractivity contribution in [3.63, 3.8) is 0 Å². The zero-order valence-electron chi connectivity index (χ0n) is 15.9. The van der Waals surface area contributed by atoms with E-state index in [-0.39, 0.29) is 5.56 Å². The summed E-state index contributed by atoms with van der Waals surface area (Å²) in [5.74, 6) is 1.25. The molecule has 5 nitrogen and oxygen atoms in total. The molecule has 0 atom stereocenters. The molecule has 0 amide bonds. The minimum Gasteiger partial charge on any atom is -0.268 e. The van der Waals surface area contributed by atoms with Gasteiger partial charge in [0, 0.05) is 11.6 Å². The number of para-hydroxylation sites is 2. The quantitative estimate of drug-likeness (QED) is 0.463. The Bertz CT molecular complexity index is 1370. The highest BCUT2D eigenvalue weighted by Gasteiger charge is 2.18. The van der Waals surface area contributed by atoms with Gasteiger partial charge in [-0.3, -0.25) is 4.79 Å². The second kappa shape index (κ2) is 6.87. The molecule has 0 saturated carbocycles. The van der Waals surface area contributed by atoms with Crippen molar-refractivity contribution >= 4 is 10.9 Å². The summed E-state index contributed by atoms with van der Waals surface area (Å²) in [6.45, 7) is 1.92. The normalized spacial score (nSPS) is 11.1. The third-order valence-corrected chi connectivity index (χ3v) is 4.85. The van der Waals surface area contributed by atoms with Gasteiger partial charge in [-0.05, 0) is 31.2 Å². The van der Waals surface area contributed by atoms with E-state index >= 15 is 0 Å². The van der Waals surface area contributed by atoms with E-state index in [4.69, 9.17) is 4.98 Å². The summed E-state index contributed by atoms with van der Waals surface area (Å²) in [4.78, 5) is 18.4. The summed E-state index contributed by atoms with van der Waals surface area (Å²) < 4.78 is 3.45. The van der Waals surface area contributed by atoms with Crippen LogP contribution in [-0.4, -0.2) is 19.3 Å². The number of benzene rings is 3. The molecule has 0 radical (unpaired) electrons. The molecule has 5 aromatic rings. The van der Waals surface area contributed by atoms with Crippen molar-refractivity contribution in [1.29, 1.82) is 0 Å². The minimum atomic E-state index is -0.119. The molecule has 0 aliphatic heterocycles. The highest BCUT2D eigenvalue weighted by atomic mass is 16.1. The molecule has 0 N–H and O–H groups in total. The standard InChI is InChI=1S/C24H18N4O/c1-17-16-22(28(26-17)19-12-6-3-7-13-19)27-23(18-10-4-2-5-11-18)25-21-15-9-8-14-20(21)24(27)29/h2-16H,1H3. The first kappa shape index (κ1) is 17.1. The van der Waals surface area contributed by atoms with Gasteiger partial charge >= 0.3 is 0 Å². The van der Waals surface area contributed by atoms with Crippen LogP contribution in [0.4, 0.5) is 0 Å². The van der Waals surface area contributed by atoms with Crippen molar-refractivity contribution < 1.29 is 0 Å². The molecular weight excluding hydrogens is 360 g/mol. The van der Waals surface area contributed by atoms with Crippen LogP contribution in [0.15, 0.2) is 95.8 Å². The summed E-state index contributed by atoms with van der Waals surface area (Å²) >= 11 is 0. The minimum absolute atomic E-state index is 0.119. The number of rotatable bonds is 3. The van der Waals surface area contributed by atoms with E-state index in [0.29, 0.717) is 22.5 Å². The molecule has 5 rings (SSSR count). The summed E-state index contributed by atoms with van der Waals surface area (Å²) in [6, 6.07) is 28.9. The molecule has 0 spiro atoms. The van der Waals surface area contributed by atoms with Crippen LogP contribution in [0, 0.1) is 6.92 Å². The molecule has 140 valence electrons. The molecule has 0 aliphatic carbocycles. The second-order valence-electron chi connectivity index (χ2n) is 6.85. The summed E-state index contributed by atoms with van der Waals surface area (Å²) in [6.07, 6.45) is 0. The third kappa shape index (κ3) is 2.93. The SMILES string of the molecule is Cc1cc(-n2c(-c3ccccc3)nc3ccccc3c2=O)n(-c2ccccc2)n1. The van der Waals surface area contributed by atoms with Crippen LogP contribution in [0.25, 0.3) is 33.8 Å². The highest BCUT2D eigenvalue weighted by Crippen LogP contribution is 2.24. The van der Waals surface area contributed by atoms with Crippen LogP contribution in [-0.2, 0) is 0 Å². The van der Waals surface area contributed by atoms with E-state index in [9.17, 15) is 4.79 Å². The Hall–Kier alpha value is -3.99. The van der Waals surface area contributed by atoms with E-state index in [2.05, 4.69) is 5.10 Å². The maximum atomic E-state index is 13.6. The molecule has 0 bridgehead atoms. The maximum Gasteiger partial charge on any atom is 0.267 e. The predicted octanol–water partition coefficient (Wildman–Crippen LogP) is 4.55. The van der Waals surface area contributed by atoms with Crippen molar-refractivity contribution in [2.45, 2.75) is 6.92 Å². The molecule has 5 heteroatoms. The predicted molar refractivity (Wildman–Crippen MR) is 115 cm³/mol. The number of aromatic nitrogens is 4. The van der Waals surface area contributed by atoms with Gasteiger partial charge < -0.3 is 0 Å². The Labute approximate surface area is 167 Å². The van der Waals surface area contributed by atoms with Gasteiger partial charge in [-0.2, -0.15) is 5.10 Å². The molecule has 0 unspecified atom stereocenters. The molecule has 2 heterocycles. The largest absolute Gasteiger partial charge is 0.268 e. The van der Waals surface area contributed by atoms with Crippen molar-refractivity contribution in [2.75, 3.05) is 0 Å². The summed E-state index contributed by atoms with van der Waals surface area (Å²) in [5.41, 5.74) is 3.13. The Kier molecular flexibility index (Phi) is 4.06. The van der Waals surface area contributed by atoms with Crippen molar-refractivity contribution in [3.05, 3.63) is 107 Å². The second-order valence-corrected chi connectivity index (χ2v) is 6.85. The first-order chi connectivity index (χ1) is 14.2. The fourth-order valence-corrected chi connectivity index (χ4v) is 3.53. The molecule has 29 heavy (non-hydrogen) atoms. The number of nitrogens with zero attached hydrogens (tertiary/aromatic N) is 4. The lowest BCUT2D eigenvalue weighted by Gasteiger charge is -2.15. The van der Waals surface area contributed by atoms with Gasteiger partial charge in [0.1, 0.15) is 11.6 Å². The monoisotopic (exact) mass is 378 g/mol. The van der Waals surface area contributed by atoms with Crippen molar-refractivity contribution in [3.8, 4) is 22.9 Å². The smallest absolute Gasteiger partial charge is 0.267 e. The Morgan fingerprint density at radius 1 is 0.793 bits per heavy atom. The zero-order chi connectivity index (χ0) is 19.8. The van der Waals surface area contributed by atoms with E-state index in [1.54, 1.807) is 9.25 Å².